The highest BCUT2D eigenvalue weighted by Gasteiger charge is 2.25. The lowest BCUT2D eigenvalue weighted by atomic mass is 9.97. The highest BCUT2D eigenvalue weighted by molar-refractivity contribution is 6.32. The van der Waals surface area contributed by atoms with Crippen LogP contribution in [0.25, 0.3) is 27.8 Å². The lowest BCUT2D eigenvalue weighted by molar-refractivity contribution is 0.0950. The molecule has 8 heteroatoms. The lowest BCUT2D eigenvalue weighted by Gasteiger charge is -2.13. The first-order valence-electron chi connectivity index (χ1n) is 10.3. The summed E-state index contributed by atoms with van der Waals surface area (Å²) in [6.07, 6.45) is 3.50. The van der Waals surface area contributed by atoms with Gasteiger partial charge in [-0.25, -0.2) is 9.07 Å². The van der Waals surface area contributed by atoms with Crippen LogP contribution in [-0.4, -0.2) is 26.3 Å². The smallest absolute Gasteiger partial charge is 0.259 e. The summed E-state index contributed by atoms with van der Waals surface area (Å²) in [5.74, 6) is -0.866. The summed E-state index contributed by atoms with van der Waals surface area (Å²) in [6, 6.07) is 11.9. The number of pyridine rings is 1. The first kappa shape index (κ1) is 20.5. The van der Waals surface area contributed by atoms with E-state index in [1.807, 2.05) is 18.2 Å². The summed E-state index contributed by atoms with van der Waals surface area (Å²) in [5.41, 5.74) is 2.08. The van der Waals surface area contributed by atoms with Gasteiger partial charge in [0.1, 0.15) is 11.5 Å². The summed E-state index contributed by atoms with van der Waals surface area (Å²) in [7, 11) is 1.64. The summed E-state index contributed by atoms with van der Waals surface area (Å²) >= 11 is 6.33. The van der Waals surface area contributed by atoms with Crippen LogP contribution in [0.2, 0.25) is 5.02 Å². The van der Waals surface area contributed by atoms with Crippen LogP contribution >= 0.6 is 11.6 Å². The van der Waals surface area contributed by atoms with E-state index < -0.39 is 5.82 Å². The fourth-order valence-corrected chi connectivity index (χ4v) is 4.08. The van der Waals surface area contributed by atoms with Crippen molar-refractivity contribution in [1.29, 1.82) is 0 Å². The van der Waals surface area contributed by atoms with Gasteiger partial charge in [0, 0.05) is 29.6 Å². The van der Waals surface area contributed by atoms with Gasteiger partial charge in [0.15, 0.2) is 0 Å². The van der Waals surface area contributed by atoms with Crippen molar-refractivity contribution in [1.82, 2.24) is 19.7 Å². The molecule has 6 nitrogen and oxygen atoms in total. The highest BCUT2D eigenvalue weighted by Crippen LogP contribution is 2.29. The molecule has 5 rings (SSSR count). The molecule has 0 radical (unpaired) electrons. The zero-order valence-corrected chi connectivity index (χ0v) is 18.3. The maximum absolute atomic E-state index is 14.7. The number of aryl methyl sites for hydroxylation is 1. The number of carbonyl (C=O) groups is 1. The van der Waals surface area contributed by atoms with E-state index in [9.17, 15) is 14.0 Å². The first-order valence-corrected chi connectivity index (χ1v) is 10.7. The van der Waals surface area contributed by atoms with Gasteiger partial charge in [0.2, 0.25) is 0 Å². The maximum Gasteiger partial charge on any atom is 0.259 e. The molecule has 1 N–H and O–H groups in total. The van der Waals surface area contributed by atoms with Crippen molar-refractivity contribution in [2.24, 2.45) is 7.05 Å². The van der Waals surface area contributed by atoms with E-state index in [1.165, 1.54) is 10.6 Å². The molecule has 2 aromatic heterocycles. The van der Waals surface area contributed by atoms with Gasteiger partial charge in [-0.1, -0.05) is 23.7 Å². The van der Waals surface area contributed by atoms with Crippen molar-refractivity contribution in [2.45, 2.75) is 25.8 Å². The standard InChI is InChI=1S/C24H20ClFN4O2/c1-13-17(9-14(11-20(13)26)22(31)28-16-7-8-16)18-10-15-12-27-30(23(15)29(2)24(18)32)21-6-4-3-5-19(21)25/h3-6,9-12,16H,7-8H2,1-2H3,(H,28,31). The van der Waals surface area contributed by atoms with Crippen LogP contribution in [0.4, 0.5) is 4.39 Å². The molecule has 2 aromatic carbocycles. The van der Waals surface area contributed by atoms with Crippen molar-refractivity contribution < 1.29 is 9.18 Å². The molecule has 0 atom stereocenters. The molecule has 1 amide bonds. The van der Waals surface area contributed by atoms with Gasteiger partial charge in [0.25, 0.3) is 11.5 Å². The molecule has 0 bridgehead atoms. The van der Waals surface area contributed by atoms with E-state index in [4.69, 9.17) is 11.6 Å². The van der Waals surface area contributed by atoms with Crippen LogP contribution in [0.1, 0.15) is 28.8 Å². The van der Waals surface area contributed by atoms with E-state index >= 15 is 0 Å². The Kier molecular flexibility index (Phi) is 4.86. The number of amides is 1. The second-order valence-electron chi connectivity index (χ2n) is 8.09. The van der Waals surface area contributed by atoms with Crippen LogP contribution in [0.3, 0.4) is 0 Å². The Morgan fingerprint density at radius 1 is 1.19 bits per heavy atom. The minimum atomic E-state index is -0.530. The average molecular weight is 451 g/mol. The summed E-state index contributed by atoms with van der Waals surface area (Å²) in [6.45, 7) is 1.60. The third-order valence-corrected chi connectivity index (χ3v) is 6.13. The molecule has 0 aliphatic heterocycles. The lowest BCUT2D eigenvalue weighted by Crippen LogP contribution is -2.26. The number of aromatic nitrogens is 3. The number of para-hydroxylation sites is 1. The summed E-state index contributed by atoms with van der Waals surface area (Å²) in [4.78, 5) is 25.9. The molecule has 162 valence electrons. The van der Waals surface area contributed by atoms with E-state index in [1.54, 1.807) is 43.0 Å². The monoisotopic (exact) mass is 450 g/mol. The molecular formula is C24H20ClFN4O2. The van der Waals surface area contributed by atoms with E-state index in [0.717, 1.165) is 12.8 Å². The van der Waals surface area contributed by atoms with Crippen molar-refractivity contribution in [3.63, 3.8) is 0 Å². The fraction of sp³-hybridized carbons (Fsp3) is 0.208. The molecular weight excluding hydrogens is 431 g/mol. The van der Waals surface area contributed by atoms with Gasteiger partial charge in [-0.15, -0.1) is 0 Å². The average Bonchev–Trinajstić information content (AvgIpc) is 3.49. The van der Waals surface area contributed by atoms with Crippen LogP contribution in [-0.2, 0) is 7.05 Å². The number of benzene rings is 2. The van der Waals surface area contributed by atoms with E-state index in [2.05, 4.69) is 10.4 Å². The normalized spacial score (nSPS) is 13.5. The van der Waals surface area contributed by atoms with Crippen molar-refractivity contribution >= 4 is 28.5 Å². The number of halogens is 2. The predicted molar refractivity (Wildman–Crippen MR) is 122 cm³/mol. The molecule has 0 spiro atoms. The number of fused-ring (bicyclic) bond motifs is 1. The Hall–Kier alpha value is -3.45. The molecule has 4 aromatic rings. The number of hydrogen-bond acceptors (Lipinski definition) is 3. The van der Waals surface area contributed by atoms with Gasteiger partial charge in [-0.05, 0) is 61.2 Å². The SMILES string of the molecule is Cc1c(F)cc(C(=O)NC2CC2)cc1-c1cc2cnn(-c3ccccc3Cl)c2n(C)c1=O. The third kappa shape index (κ3) is 3.39. The Morgan fingerprint density at radius 2 is 1.94 bits per heavy atom. The molecule has 0 saturated heterocycles. The molecule has 0 unspecified atom stereocenters. The maximum atomic E-state index is 14.7. The highest BCUT2D eigenvalue weighted by atomic mass is 35.5. The molecule has 32 heavy (non-hydrogen) atoms. The van der Waals surface area contributed by atoms with Crippen LogP contribution in [0.5, 0.6) is 0 Å². The molecule has 1 fully saturated rings. The van der Waals surface area contributed by atoms with Crippen molar-refractivity contribution in [2.75, 3.05) is 0 Å². The van der Waals surface area contributed by atoms with Crippen LogP contribution < -0.4 is 10.9 Å². The number of carbonyl (C=O) groups excluding carboxylic acids is 1. The number of hydrogen-bond donors (Lipinski definition) is 1. The topological polar surface area (TPSA) is 68.9 Å². The fourth-order valence-electron chi connectivity index (χ4n) is 3.87. The number of rotatable bonds is 4. The summed E-state index contributed by atoms with van der Waals surface area (Å²) < 4.78 is 17.8. The minimum absolute atomic E-state index is 0.148. The van der Waals surface area contributed by atoms with E-state index in [-0.39, 0.29) is 23.1 Å². The molecule has 1 aliphatic carbocycles. The van der Waals surface area contributed by atoms with Gasteiger partial charge in [-0.3, -0.25) is 14.2 Å². The van der Waals surface area contributed by atoms with Crippen LogP contribution in [0, 0.1) is 12.7 Å². The zero-order chi connectivity index (χ0) is 22.6. The molecule has 1 saturated carbocycles. The van der Waals surface area contributed by atoms with Crippen LogP contribution in [0.15, 0.2) is 53.5 Å². The Bertz CT molecular complexity index is 1450. The second-order valence-corrected chi connectivity index (χ2v) is 8.49. The first-order chi connectivity index (χ1) is 15.3. The zero-order valence-electron chi connectivity index (χ0n) is 17.5. The summed E-state index contributed by atoms with van der Waals surface area (Å²) in [5, 5.41) is 8.48. The number of nitrogens with zero attached hydrogens (tertiary/aromatic N) is 3. The third-order valence-electron chi connectivity index (χ3n) is 5.81. The van der Waals surface area contributed by atoms with Gasteiger partial charge in [-0.2, -0.15) is 5.10 Å². The second kappa shape index (κ2) is 7.60. The predicted octanol–water partition coefficient (Wildman–Crippen LogP) is 4.38. The Balaban J connectivity index is 1.68. The van der Waals surface area contributed by atoms with Gasteiger partial charge < -0.3 is 5.32 Å². The molecule has 1 aliphatic rings. The van der Waals surface area contributed by atoms with Crippen molar-refractivity contribution in [3.8, 4) is 16.8 Å². The Labute approximate surface area is 188 Å². The minimum Gasteiger partial charge on any atom is -0.349 e. The molecule has 2 heterocycles. The number of nitrogens with one attached hydrogen (secondary N) is 1. The van der Waals surface area contributed by atoms with Gasteiger partial charge in [0.05, 0.1) is 16.9 Å². The quantitative estimate of drug-likeness (QED) is 0.501. The Morgan fingerprint density at radius 3 is 2.66 bits per heavy atom. The largest absolute Gasteiger partial charge is 0.349 e. The van der Waals surface area contributed by atoms with Gasteiger partial charge >= 0.3 is 0 Å². The van der Waals surface area contributed by atoms with Crippen molar-refractivity contribution in [3.05, 3.63) is 81.0 Å². The van der Waals surface area contributed by atoms with E-state index in [0.29, 0.717) is 38.4 Å².